The van der Waals surface area contributed by atoms with Crippen molar-refractivity contribution in [2.45, 2.75) is 0 Å². The molecule has 0 atom stereocenters. The van der Waals surface area contributed by atoms with E-state index >= 15 is 0 Å². The van der Waals surface area contributed by atoms with Crippen LogP contribution in [-0.2, 0) is 0 Å². The molecule has 2 nitrogen and oxygen atoms in total. The van der Waals surface area contributed by atoms with Gasteiger partial charge < -0.3 is 9.32 Å². The first-order valence-electron chi connectivity index (χ1n) is 0.309. The molecule has 0 saturated heterocycles. The number of rotatable bonds is 0. The maximum absolute atomic E-state index is 8.24. The summed E-state index contributed by atoms with van der Waals surface area (Å²) in [4.78, 5) is 0. The molecule has 0 radical (unpaired) electrons. The Hall–Kier alpha value is 0.940. The molecule has 0 unspecified atom stereocenters. The van der Waals surface area contributed by atoms with Crippen LogP contribution in [0.5, 0.6) is 0 Å². The number of halogens is 2. The highest BCUT2D eigenvalue weighted by Gasteiger charge is 1.22. The van der Waals surface area contributed by atoms with Gasteiger partial charge >= 0.3 is 0 Å². The quantitative estimate of drug-likeness (QED) is 0.362. The minimum Gasteiger partial charge on any atom is -0.544 e. The Labute approximate surface area is 44.9 Å². The summed E-state index contributed by atoms with van der Waals surface area (Å²) in [6, 6.07) is 0. The van der Waals surface area contributed by atoms with Crippen molar-refractivity contribution in [1.82, 2.24) is 0 Å². The number of hydrogen-bond acceptors (Lipinski definition) is 2. The van der Waals surface area contributed by atoms with E-state index in [-0.39, 0.29) is 24.0 Å². The third-order valence-corrected chi connectivity index (χ3v) is 0. The first-order valence-corrected chi connectivity index (χ1v) is 0.926. The summed E-state index contributed by atoms with van der Waals surface area (Å²) < 4.78 is 16.5. The molecular formula is H2ClIO2. The van der Waals surface area contributed by atoms with Crippen LogP contribution in [0.3, 0.4) is 0 Å². The van der Waals surface area contributed by atoms with Crippen LogP contribution >= 0.6 is 0 Å². The second kappa shape index (κ2) is 9.05. The van der Waals surface area contributed by atoms with Gasteiger partial charge in [0, 0.05) is 0 Å². The Morgan fingerprint density at radius 3 is 1.25 bits per heavy atom. The highest BCUT2D eigenvalue weighted by Crippen LogP contribution is 0.940. The Morgan fingerprint density at radius 1 is 1.25 bits per heavy atom. The fourth-order valence-electron chi connectivity index (χ4n) is 0. The molecule has 0 amide bonds. The molecule has 0 aromatic heterocycles. The van der Waals surface area contributed by atoms with Crippen LogP contribution in [0.25, 0.3) is 0 Å². The lowest BCUT2D eigenvalue weighted by atomic mass is 15.9. The molecule has 0 bridgehead atoms. The lowest BCUT2D eigenvalue weighted by Crippen LogP contribution is -3.00. The predicted octanol–water partition coefficient (Wildman–Crippen LogP) is -5.91. The van der Waals surface area contributed by atoms with Crippen LogP contribution < -0.4 is 33.3 Å². The monoisotopic (exact) mass is 196 g/mol. The summed E-state index contributed by atoms with van der Waals surface area (Å²) in [6.07, 6.45) is 0. The molecule has 4 heteroatoms. The van der Waals surface area contributed by atoms with E-state index in [4.69, 9.17) is 9.32 Å². The minimum atomic E-state index is -0.417. The molecule has 0 rings (SSSR count). The molecule has 0 N–H and O–H groups in total. The highest BCUT2D eigenvalue weighted by atomic mass is 127. The van der Waals surface area contributed by atoms with Gasteiger partial charge in [-0.25, -0.2) is 0 Å². The van der Waals surface area contributed by atoms with Gasteiger partial charge in [-0.2, -0.15) is 0 Å². The topological polar surface area (TPSA) is 46.1 Å². The van der Waals surface area contributed by atoms with E-state index in [0.717, 1.165) is 0 Å². The van der Waals surface area contributed by atoms with Gasteiger partial charge in [-0.05, 0) is 0 Å². The summed E-state index contributed by atoms with van der Waals surface area (Å²) in [7, 11) is 0. The van der Waals surface area contributed by atoms with Gasteiger partial charge in [0.05, 0.1) is 11.3 Å². The van der Waals surface area contributed by atoms with Crippen molar-refractivity contribution < 1.29 is 44.6 Å². The highest BCUT2D eigenvalue weighted by molar-refractivity contribution is 1.41. The normalized spacial score (nSPS) is 4.50. The zero-order valence-corrected chi connectivity index (χ0v) is 4.95. The molecular weight excluding hydrogens is 194 g/mol. The van der Waals surface area contributed by atoms with Crippen molar-refractivity contribution in [2.75, 3.05) is 0 Å². The van der Waals surface area contributed by atoms with E-state index in [0.29, 0.717) is 0 Å². The molecule has 0 aliphatic carbocycles. The van der Waals surface area contributed by atoms with E-state index in [1.165, 1.54) is 0 Å². The maximum Gasteiger partial charge on any atom is 0.235 e. The largest absolute Gasteiger partial charge is 0.544 e. The minimum absolute atomic E-state index is 0. The zero-order valence-electron chi connectivity index (χ0n) is 1.64. The molecule has 0 heterocycles. The summed E-state index contributed by atoms with van der Waals surface area (Å²) in [5.41, 5.74) is 0. The van der Waals surface area contributed by atoms with E-state index in [2.05, 4.69) is 0 Å². The third-order valence-electron chi connectivity index (χ3n) is 0. The summed E-state index contributed by atoms with van der Waals surface area (Å²) in [5.74, 6) is 0. The molecule has 0 saturated carbocycles. The molecule has 4 heavy (non-hydrogen) atoms. The Balaban J connectivity index is 0. The second-order valence-corrected chi connectivity index (χ2v) is 0.189. The zero-order chi connectivity index (χ0) is 2.71. The molecule has 0 aliphatic heterocycles. The van der Waals surface area contributed by atoms with Gasteiger partial charge in [-0.15, -0.1) is 0 Å². The van der Waals surface area contributed by atoms with Crippen molar-refractivity contribution in [1.29, 1.82) is 0 Å². The van der Waals surface area contributed by atoms with Crippen LogP contribution in [0.4, 0.5) is 0 Å². The average molecular weight is 196 g/mol. The smallest absolute Gasteiger partial charge is 0.235 e. The molecule has 0 aromatic carbocycles. The summed E-state index contributed by atoms with van der Waals surface area (Å²) in [6.45, 7) is 0. The van der Waals surface area contributed by atoms with Crippen LogP contribution in [0.1, 0.15) is 0 Å². The van der Waals surface area contributed by atoms with Gasteiger partial charge in [0.25, 0.3) is 0 Å². The van der Waals surface area contributed by atoms with Crippen molar-refractivity contribution in [2.24, 2.45) is 0 Å². The predicted molar refractivity (Wildman–Crippen MR) is 2.79 cm³/mol. The van der Waals surface area contributed by atoms with E-state index in [1.54, 1.807) is 0 Å². The molecule has 0 aliphatic rings. The van der Waals surface area contributed by atoms with Crippen LogP contribution in [-0.4, -0.2) is 0 Å². The van der Waals surface area contributed by atoms with Crippen molar-refractivity contribution >= 4 is 0 Å². The molecule has 0 fully saturated rings. The SMILES string of the molecule is [IH2+].[O-][Cl+][O-]. The van der Waals surface area contributed by atoms with Gasteiger partial charge in [0.15, 0.2) is 0 Å². The van der Waals surface area contributed by atoms with Crippen LogP contribution in [0.15, 0.2) is 0 Å². The molecule has 0 aromatic rings. The van der Waals surface area contributed by atoms with E-state index < -0.39 is 11.3 Å². The van der Waals surface area contributed by atoms with Crippen molar-refractivity contribution in [3.8, 4) is 0 Å². The lowest BCUT2D eigenvalue weighted by molar-refractivity contribution is -1.41. The lowest BCUT2D eigenvalue weighted by Gasteiger charge is -1.68. The number of hydrogen-bond donors (Lipinski definition) is 0. The maximum atomic E-state index is 8.24. The molecule has 0 spiro atoms. The Kier molecular flexibility index (Phi) is 20.1. The van der Waals surface area contributed by atoms with Gasteiger partial charge in [-0.3, -0.25) is 0 Å². The van der Waals surface area contributed by atoms with E-state index in [1.807, 2.05) is 0 Å². The summed E-state index contributed by atoms with van der Waals surface area (Å²) in [5, 5.41) is 0. The van der Waals surface area contributed by atoms with Gasteiger partial charge in [0.2, 0.25) is 24.0 Å². The first-order chi connectivity index (χ1) is 1.41. The van der Waals surface area contributed by atoms with Gasteiger partial charge in [-0.1, -0.05) is 0 Å². The van der Waals surface area contributed by atoms with Crippen LogP contribution in [0.2, 0.25) is 0 Å². The third kappa shape index (κ3) is 12.5. The Bertz CT molecular complexity index is 6.00. The van der Waals surface area contributed by atoms with Crippen molar-refractivity contribution in [3.05, 3.63) is 0 Å². The Morgan fingerprint density at radius 2 is 1.25 bits per heavy atom. The van der Waals surface area contributed by atoms with Gasteiger partial charge in [0.1, 0.15) is 0 Å². The standard InChI is InChI=1S/ClO2.H2I/c2-1-3;/h;1H2/q-1;+1. The van der Waals surface area contributed by atoms with Crippen LogP contribution in [0, 0.1) is 11.3 Å². The van der Waals surface area contributed by atoms with Crippen molar-refractivity contribution in [3.63, 3.8) is 0 Å². The average Bonchev–Trinajstić information content (AvgIpc) is 0.918. The fourth-order valence-corrected chi connectivity index (χ4v) is 0. The molecule has 28 valence electrons. The second-order valence-electron chi connectivity index (χ2n) is 0.0630. The van der Waals surface area contributed by atoms with E-state index in [9.17, 15) is 0 Å². The summed E-state index contributed by atoms with van der Waals surface area (Å²) >= 11 is -0.417. The fraction of sp³-hybridized carbons (Fsp3) is 0. The first kappa shape index (κ1) is 8.87.